The summed E-state index contributed by atoms with van der Waals surface area (Å²) in [6, 6.07) is -0.450. The van der Waals surface area contributed by atoms with E-state index in [1.54, 1.807) is 27.7 Å². The summed E-state index contributed by atoms with van der Waals surface area (Å²) in [4.78, 5) is 12.0. The van der Waals surface area contributed by atoms with E-state index in [0.29, 0.717) is 0 Å². The Morgan fingerprint density at radius 2 is 1.76 bits per heavy atom. The van der Waals surface area contributed by atoms with Crippen molar-refractivity contribution in [3.05, 3.63) is 0 Å². The third-order valence-electron chi connectivity index (χ3n) is 3.29. The number of nitrogens with one attached hydrogen (secondary N) is 1. The largest absolute Gasteiger partial charge is 0.393 e. The maximum absolute atomic E-state index is 12.6. The first-order valence-corrected chi connectivity index (χ1v) is 5.88. The molecule has 17 heavy (non-hydrogen) atoms. The molecule has 100 valence electrons. The lowest BCUT2D eigenvalue weighted by molar-refractivity contribution is -0.184. The Morgan fingerprint density at radius 1 is 1.24 bits per heavy atom. The fourth-order valence-electron chi connectivity index (χ4n) is 2.21. The number of rotatable bonds is 1. The second-order valence-corrected chi connectivity index (χ2v) is 5.95. The van der Waals surface area contributed by atoms with Gasteiger partial charge in [0.2, 0.25) is 0 Å². The average Bonchev–Trinajstić information content (AvgIpc) is 2.13. The Labute approximate surface area is 100.0 Å². The van der Waals surface area contributed by atoms with Crippen molar-refractivity contribution in [1.29, 1.82) is 0 Å². The van der Waals surface area contributed by atoms with Crippen LogP contribution in [-0.2, 0) is 4.79 Å². The minimum atomic E-state index is -4.17. The van der Waals surface area contributed by atoms with Gasteiger partial charge in [0.15, 0.2) is 5.78 Å². The van der Waals surface area contributed by atoms with Crippen LogP contribution >= 0.6 is 0 Å². The van der Waals surface area contributed by atoms with Crippen molar-refractivity contribution in [3.63, 3.8) is 0 Å². The minimum Gasteiger partial charge on any atom is -0.307 e. The lowest BCUT2D eigenvalue weighted by Gasteiger charge is -2.37. The van der Waals surface area contributed by atoms with Gasteiger partial charge in [-0.2, -0.15) is 13.2 Å². The zero-order valence-corrected chi connectivity index (χ0v) is 10.7. The molecule has 1 rings (SSSR count). The van der Waals surface area contributed by atoms with Crippen molar-refractivity contribution in [1.82, 2.24) is 5.32 Å². The first-order chi connectivity index (χ1) is 7.53. The smallest absolute Gasteiger partial charge is 0.307 e. The standard InChI is InChI=1S/C12H20F3NO/c1-7-5-8(12(13,14)15)6-16-9(7)10(17)11(2,3)4/h7-9,16H,5-6H2,1-4H3. The van der Waals surface area contributed by atoms with Crippen LogP contribution in [0.4, 0.5) is 13.2 Å². The molecule has 0 aromatic heterocycles. The van der Waals surface area contributed by atoms with Gasteiger partial charge in [-0.05, 0) is 12.3 Å². The number of halogens is 3. The van der Waals surface area contributed by atoms with Gasteiger partial charge in [-0.3, -0.25) is 4.79 Å². The lowest BCUT2D eigenvalue weighted by atomic mass is 9.77. The van der Waals surface area contributed by atoms with Crippen molar-refractivity contribution in [2.24, 2.45) is 17.3 Å². The lowest BCUT2D eigenvalue weighted by Crippen LogP contribution is -2.54. The first-order valence-electron chi connectivity index (χ1n) is 5.88. The van der Waals surface area contributed by atoms with Crippen LogP contribution in [0.1, 0.15) is 34.1 Å². The summed E-state index contributed by atoms with van der Waals surface area (Å²) in [6.45, 7) is 6.93. The van der Waals surface area contributed by atoms with E-state index < -0.39 is 23.6 Å². The Hall–Kier alpha value is -0.580. The Balaban J connectivity index is 2.70. The quantitative estimate of drug-likeness (QED) is 0.776. The van der Waals surface area contributed by atoms with Crippen LogP contribution in [0, 0.1) is 17.3 Å². The second kappa shape index (κ2) is 4.59. The van der Waals surface area contributed by atoms with E-state index in [-0.39, 0.29) is 24.7 Å². The van der Waals surface area contributed by atoms with Crippen LogP contribution in [0.2, 0.25) is 0 Å². The zero-order valence-electron chi connectivity index (χ0n) is 10.7. The van der Waals surface area contributed by atoms with E-state index in [0.717, 1.165) is 0 Å². The van der Waals surface area contributed by atoms with Crippen molar-refractivity contribution in [3.8, 4) is 0 Å². The predicted molar refractivity (Wildman–Crippen MR) is 59.6 cm³/mol. The monoisotopic (exact) mass is 251 g/mol. The van der Waals surface area contributed by atoms with Crippen LogP contribution < -0.4 is 5.32 Å². The summed E-state index contributed by atoms with van der Waals surface area (Å²) in [6.07, 6.45) is -4.14. The molecule has 3 atom stereocenters. The summed E-state index contributed by atoms with van der Waals surface area (Å²) >= 11 is 0. The summed E-state index contributed by atoms with van der Waals surface area (Å²) in [5, 5.41) is 2.76. The Kier molecular flexibility index (Phi) is 3.91. The molecule has 1 aliphatic rings. The van der Waals surface area contributed by atoms with Crippen LogP contribution in [0.5, 0.6) is 0 Å². The number of carbonyl (C=O) groups is 1. The molecule has 2 nitrogen and oxygen atoms in total. The topological polar surface area (TPSA) is 29.1 Å². The molecule has 1 fully saturated rings. The number of ketones is 1. The first kappa shape index (κ1) is 14.5. The molecule has 1 N–H and O–H groups in total. The molecule has 0 radical (unpaired) electrons. The molecule has 0 aromatic rings. The molecule has 0 aliphatic carbocycles. The van der Waals surface area contributed by atoms with Crippen LogP contribution in [0.3, 0.4) is 0 Å². The zero-order chi connectivity index (χ0) is 13.4. The number of Topliss-reactive ketones (excluding diaryl/α,β-unsaturated/α-hetero) is 1. The summed E-state index contributed by atoms with van der Waals surface area (Å²) in [5.41, 5.74) is -0.517. The predicted octanol–water partition coefficient (Wildman–Crippen LogP) is 2.78. The molecule has 0 aromatic carbocycles. The summed E-state index contributed by atoms with van der Waals surface area (Å²) < 4.78 is 37.7. The molecule has 1 aliphatic heterocycles. The highest BCUT2D eigenvalue weighted by molar-refractivity contribution is 5.89. The van der Waals surface area contributed by atoms with Crippen LogP contribution in [0.15, 0.2) is 0 Å². The Bertz CT molecular complexity index is 293. The van der Waals surface area contributed by atoms with Gasteiger partial charge < -0.3 is 5.32 Å². The van der Waals surface area contributed by atoms with Gasteiger partial charge in [0.1, 0.15) is 0 Å². The fourth-order valence-corrected chi connectivity index (χ4v) is 2.21. The fraction of sp³-hybridized carbons (Fsp3) is 0.917. The van der Waals surface area contributed by atoms with Crippen LogP contribution in [0.25, 0.3) is 0 Å². The van der Waals surface area contributed by atoms with Crippen LogP contribution in [-0.4, -0.2) is 24.5 Å². The van der Waals surface area contributed by atoms with Gasteiger partial charge in [0, 0.05) is 12.0 Å². The molecular weight excluding hydrogens is 231 g/mol. The molecule has 1 saturated heterocycles. The van der Waals surface area contributed by atoms with Gasteiger partial charge in [0.25, 0.3) is 0 Å². The highest BCUT2D eigenvalue weighted by Crippen LogP contribution is 2.35. The molecule has 5 heteroatoms. The van der Waals surface area contributed by atoms with Crippen molar-refractivity contribution < 1.29 is 18.0 Å². The molecule has 1 heterocycles. The van der Waals surface area contributed by atoms with Gasteiger partial charge in [0.05, 0.1) is 12.0 Å². The second-order valence-electron chi connectivity index (χ2n) is 5.95. The molecule has 3 unspecified atom stereocenters. The number of alkyl halides is 3. The number of hydrogen-bond donors (Lipinski definition) is 1. The normalized spacial score (nSPS) is 31.4. The number of hydrogen-bond acceptors (Lipinski definition) is 2. The van der Waals surface area contributed by atoms with E-state index >= 15 is 0 Å². The van der Waals surface area contributed by atoms with E-state index in [1.165, 1.54) is 0 Å². The van der Waals surface area contributed by atoms with Crippen molar-refractivity contribution >= 4 is 5.78 Å². The van der Waals surface area contributed by atoms with E-state index in [2.05, 4.69) is 5.32 Å². The molecule has 0 bridgehead atoms. The maximum atomic E-state index is 12.6. The molecule has 0 spiro atoms. The average molecular weight is 251 g/mol. The molecule has 0 amide bonds. The van der Waals surface area contributed by atoms with Gasteiger partial charge in [-0.15, -0.1) is 0 Å². The summed E-state index contributed by atoms with van der Waals surface area (Å²) in [5.74, 6) is -1.62. The van der Waals surface area contributed by atoms with Crippen molar-refractivity contribution in [2.75, 3.05) is 6.54 Å². The van der Waals surface area contributed by atoms with E-state index in [4.69, 9.17) is 0 Å². The third-order valence-corrected chi connectivity index (χ3v) is 3.29. The van der Waals surface area contributed by atoms with Gasteiger partial charge in [-0.25, -0.2) is 0 Å². The summed E-state index contributed by atoms with van der Waals surface area (Å²) in [7, 11) is 0. The number of carbonyl (C=O) groups excluding carboxylic acids is 1. The maximum Gasteiger partial charge on any atom is 0.393 e. The highest BCUT2D eigenvalue weighted by Gasteiger charge is 2.46. The Morgan fingerprint density at radius 3 is 2.12 bits per heavy atom. The van der Waals surface area contributed by atoms with E-state index in [1.807, 2.05) is 0 Å². The molecule has 0 saturated carbocycles. The minimum absolute atomic E-state index is 0.00868. The van der Waals surface area contributed by atoms with Gasteiger partial charge in [-0.1, -0.05) is 27.7 Å². The number of piperidine rings is 1. The molecular formula is C12H20F3NO. The van der Waals surface area contributed by atoms with Gasteiger partial charge >= 0.3 is 6.18 Å². The SMILES string of the molecule is CC1CC(C(F)(F)F)CNC1C(=O)C(C)(C)C. The van der Waals surface area contributed by atoms with E-state index in [9.17, 15) is 18.0 Å². The van der Waals surface area contributed by atoms with Crippen molar-refractivity contribution in [2.45, 2.75) is 46.3 Å². The highest BCUT2D eigenvalue weighted by atomic mass is 19.4. The third kappa shape index (κ3) is 3.44.